The first kappa shape index (κ1) is 16.7. The second-order valence-corrected chi connectivity index (χ2v) is 5.77. The zero-order chi connectivity index (χ0) is 17.5. The minimum Gasteiger partial charge on any atom is -0.487 e. The van der Waals surface area contributed by atoms with Gasteiger partial charge in [-0.1, -0.05) is 47.7 Å². The van der Waals surface area contributed by atoms with Crippen LogP contribution >= 0.6 is 0 Å². The van der Waals surface area contributed by atoms with E-state index in [1.807, 2.05) is 61.5 Å². The third-order valence-corrected chi connectivity index (χ3v) is 3.60. The Morgan fingerprint density at radius 2 is 2.00 bits per heavy atom. The standard InChI is InChI=1S/C19H20N4O2/c1-15-6-5-9-18(10-15)25-14-17-12-23(22-21-17)13-19(24)20-11-16-7-3-2-4-8-16/h2-10,12H,11,13-14H2,1H3,(H,20,24). The summed E-state index contributed by atoms with van der Waals surface area (Å²) in [5.74, 6) is 0.676. The van der Waals surface area contributed by atoms with Crippen LogP contribution in [0.25, 0.3) is 0 Å². The van der Waals surface area contributed by atoms with E-state index in [1.54, 1.807) is 6.20 Å². The Labute approximate surface area is 146 Å². The number of hydrogen-bond acceptors (Lipinski definition) is 4. The van der Waals surface area contributed by atoms with Crippen molar-refractivity contribution in [2.75, 3.05) is 0 Å². The van der Waals surface area contributed by atoms with Crippen molar-refractivity contribution in [3.8, 4) is 5.75 Å². The minimum absolute atomic E-state index is 0.111. The molecule has 0 atom stereocenters. The molecule has 0 aliphatic heterocycles. The highest BCUT2D eigenvalue weighted by molar-refractivity contribution is 5.75. The van der Waals surface area contributed by atoms with Crippen LogP contribution in [0.4, 0.5) is 0 Å². The van der Waals surface area contributed by atoms with E-state index < -0.39 is 0 Å². The van der Waals surface area contributed by atoms with Crippen molar-refractivity contribution in [2.24, 2.45) is 0 Å². The lowest BCUT2D eigenvalue weighted by atomic mass is 10.2. The second kappa shape index (κ2) is 8.10. The summed E-state index contributed by atoms with van der Waals surface area (Å²) in [5.41, 5.74) is 2.87. The van der Waals surface area contributed by atoms with Gasteiger partial charge in [0.25, 0.3) is 0 Å². The zero-order valence-corrected chi connectivity index (χ0v) is 14.1. The van der Waals surface area contributed by atoms with E-state index in [0.717, 1.165) is 16.9 Å². The van der Waals surface area contributed by atoms with Crippen molar-refractivity contribution in [1.82, 2.24) is 20.3 Å². The molecule has 0 bridgehead atoms. The van der Waals surface area contributed by atoms with Crippen LogP contribution in [0.15, 0.2) is 60.8 Å². The molecule has 0 saturated heterocycles. The molecule has 1 heterocycles. The predicted molar refractivity (Wildman–Crippen MR) is 93.8 cm³/mol. The molecule has 0 fully saturated rings. The van der Waals surface area contributed by atoms with Crippen molar-refractivity contribution < 1.29 is 9.53 Å². The van der Waals surface area contributed by atoms with E-state index in [9.17, 15) is 4.79 Å². The molecule has 3 rings (SSSR count). The summed E-state index contributed by atoms with van der Waals surface area (Å²) in [6.45, 7) is 2.95. The first-order chi connectivity index (χ1) is 12.2. The third kappa shape index (κ3) is 5.17. The summed E-state index contributed by atoms with van der Waals surface area (Å²) in [4.78, 5) is 12.0. The van der Waals surface area contributed by atoms with E-state index >= 15 is 0 Å². The lowest BCUT2D eigenvalue weighted by Gasteiger charge is -2.05. The molecule has 1 aromatic heterocycles. The Balaban J connectivity index is 1.47. The molecular formula is C19H20N4O2. The van der Waals surface area contributed by atoms with Gasteiger partial charge in [0.15, 0.2) is 0 Å². The fourth-order valence-electron chi connectivity index (χ4n) is 2.34. The second-order valence-electron chi connectivity index (χ2n) is 5.77. The maximum Gasteiger partial charge on any atom is 0.242 e. The molecule has 128 valence electrons. The summed E-state index contributed by atoms with van der Waals surface area (Å²) in [5, 5.41) is 10.9. The summed E-state index contributed by atoms with van der Waals surface area (Å²) < 4.78 is 7.19. The first-order valence-corrected chi connectivity index (χ1v) is 8.08. The van der Waals surface area contributed by atoms with Crippen LogP contribution in [0.3, 0.4) is 0 Å². The number of ether oxygens (including phenoxy) is 1. The number of hydrogen-bond donors (Lipinski definition) is 1. The molecule has 3 aromatic rings. The van der Waals surface area contributed by atoms with Crippen molar-refractivity contribution in [3.63, 3.8) is 0 Å². The van der Waals surface area contributed by atoms with Crippen LogP contribution in [0.5, 0.6) is 5.75 Å². The van der Waals surface area contributed by atoms with Crippen molar-refractivity contribution >= 4 is 5.91 Å². The normalized spacial score (nSPS) is 10.4. The number of carbonyl (C=O) groups is 1. The fourth-order valence-corrected chi connectivity index (χ4v) is 2.34. The number of aryl methyl sites for hydroxylation is 1. The van der Waals surface area contributed by atoms with E-state index in [4.69, 9.17) is 4.74 Å². The zero-order valence-electron chi connectivity index (χ0n) is 14.1. The molecule has 1 amide bonds. The number of amides is 1. The van der Waals surface area contributed by atoms with Gasteiger partial charge in [-0.2, -0.15) is 0 Å². The number of nitrogens with one attached hydrogen (secondary N) is 1. The summed E-state index contributed by atoms with van der Waals surface area (Å²) in [7, 11) is 0. The monoisotopic (exact) mass is 336 g/mol. The molecule has 0 aliphatic rings. The molecule has 6 nitrogen and oxygen atoms in total. The summed E-state index contributed by atoms with van der Waals surface area (Å²) in [6.07, 6.45) is 1.72. The largest absolute Gasteiger partial charge is 0.487 e. The average molecular weight is 336 g/mol. The molecule has 0 aliphatic carbocycles. The molecule has 0 spiro atoms. The van der Waals surface area contributed by atoms with Gasteiger partial charge in [-0.25, -0.2) is 4.68 Å². The van der Waals surface area contributed by atoms with Crippen LogP contribution in [0.1, 0.15) is 16.8 Å². The van der Waals surface area contributed by atoms with E-state index in [0.29, 0.717) is 18.8 Å². The molecule has 0 unspecified atom stereocenters. The molecule has 25 heavy (non-hydrogen) atoms. The van der Waals surface area contributed by atoms with Gasteiger partial charge in [0.2, 0.25) is 5.91 Å². The summed E-state index contributed by atoms with van der Waals surface area (Å²) >= 11 is 0. The molecule has 1 N–H and O–H groups in total. The summed E-state index contributed by atoms with van der Waals surface area (Å²) in [6, 6.07) is 17.6. The highest BCUT2D eigenvalue weighted by atomic mass is 16.5. The maximum atomic E-state index is 12.0. The van der Waals surface area contributed by atoms with Gasteiger partial charge in [0, 0.05) is 6.54 Å². The Hall–Kier alpha value is -3.15. The molecule has 0 radical (unpaired) electrons. The van der Waals surface area contributed by atoms with Crippen LogP contribution < -0.4 is 10.1 Å². The molecule has 0 saturated carbocycles. The Morgan fingerprint density at radius 1 is 1.16 bits per heavy atom. The number of nitrogens with zero attached hydrogens (tertiary/aromatic N) is 3. The molecule has 2 aromatic carbocycles. The average Bonchev–Trinajstić information content (AvgIpc) is 3.06. The Bertz CT molecular complexity index is 830. The number of aromatic nitrogens is 3. The highest BCUT2D eigenvalue weighted by Gasteiger charge is 2.07. The van der Waals surface area contributed by atoms with Crippen molar-refractivity contribution in [2.45, 2.75) is 26.6 Å². The smallest absolute Gasteiger partial charge is 0.242 e. The van der Waals surface area contributed by atoms with Crippen LogP contribution in [0.2, 0.25) is 0 Å². The number of benzene rings is 2. The van der Waals surface area contributed by atoms with Crippen LogP contribution in [-0.4, -0.2) is 20.9 Å². The van der Waals surface area contributed by atoms with Gasteiger partial charge in [-0.15, -0.1) is 5.10 Å². The third-order valence-electron chi connectivity index (χ3n) is 3.60. The van der Waals surface area contributed by atoms with Gasteiger partial charge in [-0.3, -0.25) is 4.79 Å². The van der Waals surface area contributed by atoms with Crippen molar-refractivity contribution in [1.29, 1.82) is 0 Å². The minimum atomic E-state index is -0.111. The van der Waals surface area contributed by atoms with E-state index in [-0.39, 0.29) is 12.5 Å². The molecular weight excluding hydrogens is 316 g/mol. The molecule has 6 heteroatoms. The van der Waals surface area contributed by atoms with Gasteiger partial charge in [0.1, 0.15) is 24.6 Å². The van der Waals surface area contributed by atoms with Gasteiger partial charge < -0.3 is 10.1 Å². The van der Waals surface area contributed by atoms with Crippen LogP contribution in [0, 0.1) is 6.92 Å². The Morgan fingerprint density at radius 3 is 2.80 bits per heavy atom. The number of rotatable bonds is 7. The van der Waals surface area contributed by atoms with Gasteiger partial charge in [-0.05, 0) is 30.2 Å². The van der Waals surface area contributed by atoms with E-state index in [1.165, 1.54) is 4.68 Å². The number of carbonyl (C=O) groups excluding carboxylic acids is 1. The lowest BCUT2D eigenvalue weighted by molar-refractivity contribution is -0.122. The quantitative estimate of drug-likeness (QED) is 0.720. The highest BCUT2D eigenvalue weighted by Crippen LogP contribution is 2.13. The SMILES string of the molecule is Cc1cccc(OCc2cn(CC(=O)NCc3ccccc3)nn2)c1. The Kier molecular flexibility index (Phi) is 5.41. The van der Waals surface area contributed by atoms with E-state index in [2.05, 4.69) is 15.6 Å². The van der Waals surface area contributed by atoms with Gasteiger partial charge >= 0.3 is 0 Å². The van der Waals surface area contributed by atoms with Gasteiger partial charge in [0.05, 0.1) is 6.20 Å². The van der Waals surface area contributed by atoms with Crippen molar-refractivity contribution in [3.05, 3.63) is 77.6 Å². The fraction of sp³-hybridized carbons (Fsp3) is 0.211. The maximum absolute atomic E-state index is 12.0. The topological polar surface area (TPSA) is 69.0 Å². The first-order valence-electron chi connectivity index (χ1n) is 8.08. The lowest BCUT2D eigenvalue weighted by Crippen LogP contribution is -2.27. The predicted octanol–water partition coefficient (Wildman–Crippen LogP) is 2.48. The van der Waals surface area contributed by atoms with Crippen LogP contribution in [-0.2, 0) is 24.5 Å².